The average Bonchev–Trinajstić information content (AvgIpc) is 3.57. The van der Waals surface area contributed by atoms with Crippen LogP contribution >= 0.6 is 11.3 Å². The molecule has 0 aliphatic rings. The lowest BCUT2D eigenvalue weighted by atomic mass is 10.0. The van der Waals surface area contributed by atoms with E-state index in [4.69, 9.17) is 0 Å². The monoisotopic (exact) mass is 491 g/mol. The zero-order valence-corrected chi connectivity index (χ0v) is 21.4. The Balaban J connectivity index is 1.36. The molecule has 2 heterocycles. The summed E-state index contributed by atoms with van der Waals surface area (Å²) in [5.41, 5.74) is 9.92. The van der Waals surface area contributed by atoms with E-state index in [9.17, 15) is 0 Å². The minimum atomic E-state index is 1.18. The molecule has 2 aromatic heterocycles. The Morgan fingerprint density at radius 1 is 0.459 bits per heavy atom. The van der Waals surface area contributed by atoms with Gasteiger partial charge in [-0.2, -0.15) is 0 Å². The van der Waals surface area contributed by atoms with Crippen molar-refractivity contribution in [1.29, 1.82) is 0 Å². The van der Waals surface area contributed by atoms with Gasteiger partial charge in [0, 0.05) is 26.2 Å². The zero-order valence-electron chi connectivity index (χ0n) is 20.6. The predicted octanol–water partition coefficient (Wildman–Crippen LogP) is 10.2. The summed E-state index contributed by atoms with van der Waals surface area (Å²) in [4.78, 5) is 2.57. The molecule has 5 aromatic carbocycles. The molecule has 0 N–H and O–H groups in total. The summed E-state index contributed by atoms with van der Waals surface area (Å²) in [6.45, 7) is 2.13. The third-order valence-electron chi connectivity index (χ3n) is 7.11. The molecule has 0 spiro atoms. The molecule has 0 saturated carbocycles. The highest BCUT2D eigenvalue weighted by Gasteiger charge is 2.14. The van der Waals surface area contributed by atoms with Gasteiger partial charge < -0.3 is 4.57 Å². The second-order valence-electron chi connectivity index (χ2n) is 9.53. The van der Waals surface area contributed by atoms with Crippen LogP contribution in [-0.2, 0) is 0 Å². The Kier molecular flexibility index (Phi) is 5.27. The normalized spacial score (nSPS) is 11.4. The van der Waals surface area contributed by atoms with Crippen molar-refractivity contribution in [3.63, 3.8) is 0 Å². The number of fused-ring (bicyclic) bond motifs is 3. The molecule has 0 fully saturated rings. The smallest absolute Gasteiger partial charge is 0.0541 e. The van der Waals surface area contributed by atoms with Crippen LogP contribution in [0, 0.1) is 6.92 Å². The molecule has 0 unspecified atom stereocenters. The van der Waals surface area contributed by atoms with Gasteiger partial charge in [0.15, 0.2) is 0 Å². The lowest BCUT2D eigenvalue weighted by Gasteiger charge is -2.10. The van der Waals surface area contributed by atoms with Crippen LogP contribution < -0.4 is 0 Å². The van der Waals surface area contributed by atoms with Gasteiger partial charge >= 0.3 is 0 Å². The highest BCUT2D eigenvalue weighted by Crippen LogP contribution is 2.38. The predicted molar refractivity (Wildman–Crippen MR) is 160 cm³/mol. The second kappa shape index (κ2) is 8.92. The molecule has 1 nitrogen and oxygen atoms in total. The van der Waals surface area contributed by atoms with E-state index in [1.54, 1.807) is 0 Å². The van der Waals surface area contributed by atoms with E-state index in [0.717, 1.165) is 0 Å². The van der Waals surface area contributed by atoms with Gasteiger partial charge in [0.05, 0.1) is 11.0 Å². The SMILES string of the molecule is Cc1ccc(-c2ccc3c(c2)c2ccccc2n3-c2cccc(-c3ccc(-c4ccccc4)s3)c2)cc1. The van der Waals surface area contributed by atoms with Crippen molar-refractivity contribution in [3.8, 4) is 37.7 Å². The third kappa shape index (κ3) is 3.87. The summed E-state index contributed by atoms with van der Waals surface area (Å²) in [5, 5.41) is 2.56. The summed E-state index contributed by atoms with van der Waals surface area (Å²) in [6.07, 6.45) is 0. The molecular weight excluding hydrogens is 466 g/mol. The van der Waals surface area contributed by atoms with Crippen LogP contribution in [0.2, 0.25) is 0 Å². The fourth-order valence-electron chi connectivity index (χ4n) is 5.23. The quantitative estimate of drug-likeness (QED) is 0.231. The number of thiophene rings is 1. The van der Waals surface area contributed by atoms with E-state index in [2.05, 4.69) is 145 Å². The van der Waals surface area contributed by atoms with E-state index in [1.807, 2.05) is 11.3 Å². The maximum Gasteiger partial charge on any atom is 0.0541 e. The average molecular weight is 492 g/mol. The number of benzene rings is 5. The van der Waals surface area contributed by atoms with Gasteiger partial charge in [0.25, 0.3) is 0 Å². The van der Waals surface area contributed by atoms with Gasteiger partial charge in [-0.15, -0.1) is 11.3 Å². The standard InChI is InChI=1S/C35H25NS/c1-24-14-16-25(17-15-24)27-18-19-33-31(23-27)30-12-5-6-13-32(30)36(33)29-11-7-10-28(22-29)35-21-20-34(37-35)26-8-3-2-4-9-26/h2-23H,1H3. The third-order valence-corrected chi connectivity index (χ3v) is 8.29. The van der Waals surface area contributed by atoms with Crippen LogP contribution in [0.4, 0.5) is 0 Å². The van der Waals surface area contributed by atoms with Crippen LogP contribution in [-0.4, -0.2) is 4.57 Å². The summed E-state index contributed by atoms with van der Waals surface area (Å²) < 4.78 is 2.40. The minimum absolute atomic E-state index is 1.18. The molecule has 176 valence electrons. The Labute approximate surface area is 220 Å². The molecular formula is C35H25NS. The van der Waals surface area contributed by atoms with E-state index < -0.39 is 0 Å². The van der Waals surface area contributed by atoms with E-state index in [-0.39, 0.29) is 0 Å². The second-order valence-corrected chi connectivity index (χ2v) is 10.6. The molecule has 0 aliphatic heterocycles. The summed E-state index contributed by atoms with van der Waals surface area (Å²) >= 11 is 1.84. The Morgan fingerprint density at radius 3 is 1.97 bits per heavy atom. The largest absolute Gasteiger partial charge is 0.309 e. The van der Waals surface area contributed by atoms with E-state index >= 15 is 0 Å². The van der Waals surface area contributed by atoms with Gasteiger partial charge in [-0.3, -0.25) is 0 Å². The highest BCUT2D eigenvalue weighted by atomic mass is 32.1. The topological polar surface area (TPSA) is 4.93 Å². The minimum Gasteiger partial charge on any atom is -0.309 e. The van der Waals surface area contributed by atoms with Gasteiger partial charge in [-0.1, -0.05) is 96.6 Å². The Morgan fingerprint density at radius 2 is 1.14 bits per heavy atom. The molecule has 0 radical (unpaired) electrons. The van der Waals surface area contributed by atoms with Gasteiger partial charge in [0.1, 0.15) is 0 Å². The van der Waals surface area contributed by atoms with Crippen molar-refractivity contribution in [3.05, 3.63) is 139 Å². The molecule has 0 aliphatic carbocycles. The lowest BCUT2D eigenvalue weighted by Crippen LogP contribution is -1.94. The maximum absolute atomic E-state index is 2.40. The number of rotatable bonds is 4. The van der Waals surface area contributed by atoms with Crippen molar-refractivity contribution in [1.82, 2.24) is 4.57 Å². The number of hydrogen-bond acceptors (Lipinski definition) is 1. The number of hydrogen-bond donors (Lipinski definition) is 0. The number of aromatic nitrogens is 1. The number of aryl methyl sites for hydroxylation is 1. The molecule has 0 saturated heterocycles. The van der Waals surface area contributed by atoms with Crippen molar-refractivity contribution < 1.29 is 0 Å². The maximum atomic E-state index is 2.40. The van der Waals surface area contributed by atoms with Crippen LogP contribution in [0.5, 0.6) is 0 Å². The first-order valence-corrected chi connectivity index (χ1v) is 13.4. The molecule has 37 heavy (non-hydrogen) atoms. The van der Waals surface area contributed by atoms with Crippen LogP contribution in [0.25, 0.3) is 59.5 Å². The van der Waals surface area contributed by atoms with Crippen LogP contribution in [0.3, 0.4) is 0 Å². The number of nitrogens with zero attached hydrogens (tertiary/aromatic N) is 1. The molecule has 2 heteroatoms. The Hall–Kier alpha value is -4.40. The van der Waals surface area contributed by atoms with Crippen LogP contribution in [0.1, 0.15) is 5.56 Å². The van der Waals surface area contributed by atoms with Gasteiger partial charge in [-0.25, -0.2) is 0 Å². The zero-order chi connectivity index (χ0) is 24.8. The molecule has 7 aromatic rings. The first-order chi connectivity index (χ1) is 18.2. The molecule has 0 bridgehead atoms. The van der Waals surface area contributed by atoms with Crippen molar-refractivity contribution >= 4 is 33.1 Å². The van der Waals surface area contributed by atoms with E-state index in [1.165, 1.54) is 65.1 Å². The Bertz CT molecular complexity index is 1870. The van der Waals surface area contributed by atoms with Crippen molar-refractivity contribution in [2.24, 2.45) is 0 Å². The fourth-order valence-corrected chi connectivity index (χ4v) is 6.23. The van der Waals surface area contributed by atoms with E-state index in [0.29, 0.717) is 0 Å². The number of para-hydroxylation sites is 1. The fraction of sp³-hybridized carbons (Fsp3) is 0.0286. The molecule has 0 amide bonds. The summed E-state index contributed by atoms with van der Waals surface area (Å²) in [5.74, 6) is 0. The van der Waals surface area contributed by atoms with Crippen molar-refractivity contribution in [2.75, 3.05) is 0 Å². The highest BCUT2D eigenvalue weighted by molar-refractivity contribution is 7.18. The van der Waals surface area contributed by atoms with Crippen molar-refractivity contribution in [2.45, 2.75) is 6.92 Å². The lowest BCUT2D eigenvalue weighted by molar-refractivity contribution is 1.18. The van der Waals surface area contributed by atoms with Gasteiger partial charge in [-0.05, 0) is 71.6 Å². The molecule has 0 atom stereocenters. The van der Waals surface area contributed by atoms with Gasteiger partial charge in [0.2, 0.25) is 0 Å². The van der Waals surface area contributed by atoms with Crippen LogP contribution in [0.15, 0.2) is 133 Å². The first kappa shape index (κ1) is 21.8. The molecule has 7 rings (SSSR count). The summed E-state index contributed by atoms with van der Waals surface area (Å²) in [6, 6.07) is 48.4. The summed E-state index contributed by atoms with van der Waals surface area (Å²) in [7, 11) is 0. The first-order valence-electron chi connectivity index (χ1n) is 12.6.